The van der Waals surface area contributed by atoms with Crippen LogP contribution in [0.4, 0.5) is 68.2 Å². The minimum absolute atomic E-state index is 0.268. The molecule has 0 heterocycles. The summed E-state index contributed by atoms with van der Waals surface area (Å²) in [6, 6.07) is 101. The molecule has 0 saturated carbocycles. The van der Waals surface area contributed by atoms with Crippen molar-refractivity contribution in [3.05, 3.63) is 290 Å². The monoisotopic (exact) mass is 1430 g/mol. The van der Waals surface area contributed by atoms with Crippen LogP contribution < -0.4 is 48.0 Å². The molecule has 13 rings (SSSR count). The van der Waals surface area contributed by atoms with Crippen LogP contribution in [-0.2, 0) is 5.41 Å². The summed E-state index contributed by atoms with van der Waals surface area (Å²) in [4.78, 5) is 9.39. The molecule has 1 aliphatic rings. The summed E-state index contributed by atoms with van der Waals surface area (Å²) in [5.74, 6) is 6.04. The van der Waals surface area contributed by atoms with Crippen molar-refractivity contribution in [1.82, 2.24) is 0 Å². The van der Waals surface area contributed by atoms with E-state index in [1.54, 1.807) is 28.4 Å². The van der Waals surface area contributed by atoms with Gasteiger partial charge in [-0.1, -0.05) is 154 Å². The van der Waals surface area contributed by atoms with Gasteiger partial charge in [-0.15, -0.1) is 0 Å². The van der Waals surface area contributed by atoms with Gasteiger partial charge in [0.25, 0.3) is 0 Å². The van der Waals surface area contributed by atoms with Crippen LogP contribution in [0.15, 0.2) is 279 Å². The fourth-order valence-electron chi connectivity index (χ4n) is 15.5. The quantitative estimate of drug-likeness (QED) is 0.0384. The van der Waals surface area contributed by atoms with Gasteiger partial charge in [-0.3, -0.25) is 0 Å². The zero-order chi connectivity index (χ0) is 74.9. The van der Waals surface area contributed by atoms with Gasteiger partial charge in [0.15, 0.2) is 0 Å². The molecule has 10 nitrogen and oxygen atoms in total. The van der Waals surface area contributed by atoms with Crippen LogP contribution in [0.1, 0.15) is 123 Å². The van der Waals surface area contributed by atoms with Crippen LogP contribution in [0.2, 0.25) is 0 Å². The number of ether oxygens (including phenoxy) is 6. The number of hydrogen-bond acceptors (Lipinski definition) is 10. The third-order valence-corrected chi connectivity index (χ3v) is 21.8. The average molecular weight is 1430 g/mol. The third kappa shape index (κ3) is 16.6. The third-order valence-electron chi connectivity index (χ3n) is 21.8. The molecule has 0 aromatic heterocycles. The van der Waals surface area contributed by atoms with Crippen molar-refractivity contribution in [2.45, 2.75) is 118 Å². The van der Waals surface area contributed by atoms with Gasteiger partial charge in [-0.25, -0.2) is 0 Å². The fourth-order valence-corrected chi connectivity index (χ4v) is 15.5. The number of rotatable bonds is 35. The molecule has 1 aliphatic carbocycles. The first-order valence-corrected chi connectivity index (χ1v) is 39.0. The lowest BCUT2D eigenvalue weighted by atomic mass is 9.71. The van der Waals surface area contributed by atoms with E-state index >= 15 is 0 Å². The van der Waals surface area contributed by atoms with Crippen LogP contribution in [0.5, 0.6) is 34.5 Å². The maximum Gasteiger partial charge on any atom is 0.119 e. The first-order chi connectivity index (χ1) is 53.0. The van der Waals surface area contributed by atoms with E-state index in [2.05, 4.69) is 292 Å². The number of fused-ring (bicyclic) bond motifs is 3. The Morgan fingerprint density at radius 2 is 0.509 bits per heavy atom. The van der Waals surface area contributed by atoms with Gasteiger partial charge in [0.1, 0.15) is 34.5 Å². The van der Waals surface area contributed by atoms with Crippen molar-refractivity contribution in [2.24, 2.45) is 11.8 Å². The molecule has 0 spiro atoms. The molecule has 0 saturated heterocycles. The van der Waals surface area contributed by atoms with Crippen molar-refractivity contribution in [1.29, 1.82) is 0 Å². The molecule has 0 aliphatic heterocycles. The minimum Gasteiger partial charge on any atom is -0.497 e. The van der Waals surface area contributed by atoms with Crippen molar-refractivity contribution in [2.75, 3.05) is 61.3 Å². The molecule has 552 valence electrons. The van der Waals surface area contributed by atoms with Crippen molar-refractivity contribution >= 4 is 68.2 Å². The smallest absolute Gasteiger partial charge is 0.119 e. The highest BCUT2D eigenvalue weighted by molar-refractivity contribution is 5.90. The molecule has 12 aromatic rings. The molecule has 0 bridgehead atoms. The first kappa shape index (κ1) is 74.9. The van der Waals surface area contributed by atoms with E-state index in [1.807, 2.05) is 48.5 Å². The first-order valence-electron chi connectivity index (χ1n) is 39.0. The number of anilines is 12. The number of hydrogen-bond donors (Lipinski definition) is 0. The van der Waals surface area contributed by atoms with Crippen molar-refractivity contribution in [3.63, 3.8) is 0 Å². The number of unbranched alkanes of at least 4 members (excludes halogenated alkanes) is 2. The fraction of sp³-hybridized carbons (Fsp3) is 0.265. The number of methoxy groups -OCH3 is 4. The zero-order valence-electron chi connectivity index (χ0n) is 64.6. The summed E-state index contributed by atoms with van der Waals surface area (Å²) >= 11 is 0. The Hall–Kier alpha value is -11.4. The molecular formula is C98H104N4O6. The summed E-state index contributed by atoms with van der Waals surface area (Å²) in [7, 11) is 6.79. The van der Waals surface area contributed by atoms with Gasteiger partial charge >= 0.3 is 0 Å². The van der Waals surface area contributed by atoms with Gasteiger partial charge in [-0.05, 0) is 294 Å². The highest BCUT2D eigenvalue weighted by atomic mass is 16.5. The average Bonchev–Trinajstić information content (AvgIpc) is 1.56. The van der Waals surface area contributed by atoms with Crippen molar-refractivity contribution < 1.29 is 28.4 Å². The molecule has 2 atom stereocenters. The Labute approximate surface area is 641 Å². The Bertz CT molecular complexity index is 4720. The number of benzene rings is 12. The SMILES string of the molecule is CCCCC(CC)COc1ccc(N(c2ccc(-c3ccc(N(c4ccc(OC)cc4)c4ccc(OC)cc4)cc3)cc2)c2ccc3c(c2)C(CCC)(CCCC)c2cc(N(c4ccc(OCC(CC)CC)cc4)c4ccc(-c5ccc(N(c6ccc(OC)cc6)c6ccc(OC)cc6)cc5)cc4)ccc2-3)cc1. The predicted octanol–water partition coefficient (Wildman–Crippen LogP) is 27.6. The molecule has 0 radical (unpaired) electrons. The van der Waals surface area contributed by atoms with Crippen LogP contribution in [0, 0.1) is 11.8 Å². The van der Waals surface area contributed by atoms with Crippen LogP contribution in [0.25, 0.3) is 33.4 Å². The highest BCUT2D eigenvalue weighted by Crippen LogP contribution is 2.57. The van der Waals surface area contributed by atoms with Crippen LogP contribution >= 0.6 is 0 Å². The maximum atomic E-state index is 6.58. The van der Waals surface area contributed by atoms with E-state index in [1.165, 1.54) is 41.5 Å². The van der Waals surface area contributed by atoms with Gasteiger partial charge < -0.3 is 48.0 Å². The van der Waals surface area contributed by atoms with E-state index in [0.29, 0.717) is 25.0 Å². The summed E-state index contributed by atoms with van der Waals surface area (Å²) in [6.45, 7) is 15.2. The van der Waals surface area contributed by atoms with Gasteiger partial charge in [-0.2, -0.15) is 0 Å². The predicted molar refractivity (Wildman–Crippen MR) is 451 cm³/mol. The van der Waals surface area contributed by atoms with E-state index in [-0.39, 0.29) is 5.41 Å². The summed E-state index contributed by atoms with van der Waals surface area (Å²) in [6.07, 6.45) is 12.1. The molecule has 0 N–H and O–H groups in total. The Morgan fingerprint density at radius 3 is 0.769 bits per heavy atom. The zero-order valence-corrected chi connectivity index (χ0v) is 64.6. The van der Waals surface area contributed by atoms with E-state index in [4.69, 9.17) is 28.4 Å². The molecule has 0 amide bonds. The second-order valence-corrected chi connectivity index (χ2v) is 28.4. The highest BCUT2D eigenvalue weighted by Gasteiger charge is 2.43. The molecular weight excluding hydrogens is 1330 g/mol. The molecule has 12 aromatic carbocycles. The van der Waals surface area contributed by atoms with E-state index in [0.717, 1.165) is 176 Å². The molecule has 0 fully saturated rings. The lowest BCUT2D eigenvalue weighted by molar-refractivity contribution is 0.233. The summed E-state index contributed by atoms with van der Waals surface area (Å²) in [5.41, 5.74) is 22.2. The normalized spacial score (nSPS) is 13.1. The summed E-state index contributed by atoms with van der Waals surface area (Å²) in [5, 5.41) is 0. The van der Waals surface area contributed by atoms with Gasteiger partial charge in [0.05, 0.1) is 41.7 Å². The molecule has 2 unspecified atom stereocenters. The molecule has 10 heteroatoms. The Kier molecular flexibility index (Phi) is 24.5. The lowest BCUT2D eigenvalue weighted by Gasteiger charge is -2.34. The summed E-state index contributed by atoms with van der Waals surface area (Å²) < 4.78 is 35.3. The minimum atomic E-state index is -0.268. The second kappa shape index (κ2) is 35.4. The van der Waals surface area contributed by atoms with Gasteiger partial charge in [0, 0.05) is 73.7 Å². The van der Waals surface area contributed by atoms with Crippen LogP contribution in [-0.4, -0.2) is 41.7 Å². The van der Waals surface area contributed by atoms with Crippen LogP contribution in [0.3, 0.4) is 0 Å². The maximum absolute atomic E-state index is 6.58. The topological polar surface area (TPSA) is 68.3 Å². The second-order valence-electron chi connectivity index (χ2n) is 28.4. The largest absolute Gasteiger partial charge is 0.497 e. The number of nitrogens with zero attached hydrogens (tertiary/aromatic N) is 4. The lowest BCUT2D eigenvalue weighted by Crippen LogP contribution is -2.26. The Morgan fingerprint density at radius 1 is 0.259 bits per heavy atom. The van der Waals surface area contributed by atoms with E-state index < -0.39 is 0 Å². The molecule has 108 heavy (non-hydrogen) atoms. The Balaban J connectivity index is 0.858. The standard InChI is InChI=1S/C98H104N4O6/c1-11-17-19-71(16-6)69-108-93-60-46-85(47-61-93)102(79-34-26-75(27-35-79)73-22-30-77(31-23-73)100(82-40-54-90(105-9)55-41-82)83-42-56-91(106-10)57-43-83)87-49-63-95-94-62-48-86(66-96(94)98(64-13-3,65-18-12-2)97(95)67-87)101(84-44-58-92(59-45-84)107-68-70(14-4)15-5)78-32-24-74(25-33-78)72-20-28-76(29-21-72)99(80-36-50-88(103-7)51-37-80)81-38-52-89(104-8)53-39-81/h20-63,66-67,70-71H,11-19,64-65,68-69H2,1-10H3. The van der Waals surface area contributed by atoms with Gasteiger partial charge in [0.2, 0.25) is 0 Å². The van der Waals surface area contributed by atoms with Crippen molar-refractivity contribution in [3.8, 4) is 67.9 Å². The van der Waals surface area contributed by atoms with E-state index in [9.17, 15) is 0 Å².